The first kappa shape index (κ1) is 14.5. The normalized spacial score (nSPS) is 12.1. The summed E-state index contributed by atoms with van der Waals surface area (Å²) in [6, 6.07) is 6.69. The van der Waals surface area contributed by atoms with Crippen molar-refractivity contribution in [3.8, 4) is 11.5 Å². The van der Waals surface area contributed by atoms with Gasteiger partial charge in [0.25, 0.3) is 0 Å². The molecule has 0 aromatic heterocycles. The number of benzene rings is 2. The average molecular weight is 316 g/mol. The number of aromatic carboxylic acids is 2. The number of fused-ring (bicyclic) bond motifs is 2. The van der Waals surface area contributed by atoms with Gasteiger partial charge in [0.1, 0.15) is 11.1 Å². The smallest absolute Gasteiger partial charge is 0.339 e. The van der Waals surface area contributed by atoms with Crippen LogP contribution in [-0.2, 0) is 0 Å². The average Bonchev–Trinajstić information content (AvgIpc) is 2.43. The molecule has 2 aromatic rings. The molecule has 0 aliphatic carbocycles. The van der Waals surface area contributed by atoms with Gasteiger partial charge in [0.05, 0.1) is 9.79 Å². The molecular formula is C16H12O5S. The summed E-state index contributed by atoms with van der Waals surface area (Å²) in [5.41, 5.74) is 1.68. The Hall–Kier alpha value is -2.47. The molecule has 1 heterocycles. The van der Waals surface area contributed by atoms with Crippen LogP contribution in [-0.4, -0.2) is 22.2 Å². The largest absolute Gasteiger partial charge is 0.478 e. The zero-order valence-electron chi connectivity index (χ0n) is 11.8. The molecule has 22 heavy (non-hydrogen) atoms. The standard InChI is InChI=1S/C16H12O5S/c1-7-3-9(15(17)18)13-11(5-7)22-12-6-8(2)4-10(16(19)20)14(12)21-13/h3-6H,1-2H3,(H,17,18)(H,19,20). The molecule has 0 spiro atoms. The summed E-state index contributed by atoms with van der Waals surface area (Å²) < 4.78 is 5.69. The Morgan fingerprint density at radius 3 is 1.64 bits per heavy atom. The van der Waals surface area contributed by atoms with Crippen molar-refractivity contribution in [2.24, 2.45) is 0 Å². The fourth-order valence-electron chi connectivity index (χ4n) is 2.38. The summed E-state index contributed by atoms with van der Waals surface area (Å²) in [5, 5.41) is 18.7. The van der Waals surface area contributed by atoms with Crippen LogP contribution in [0.3, 0.4) is 0 Å². The number of aryl methyl sites for hydroxylation is 2. The van der Waals surface area contributed by atoms with Crippen molar-refractivity contribution in [1.29, 1.82) is 0 Å². The van der Waals surface area contributed by atoms with Gasteiger partial charge in [0.15, 0.2) is 11.5 Å². The highest BCUT2D eigenvalue weighted by Crippen LogP contribution is 2.50. The van der Waals surface area contributed by atoms with Crippen molar-refractivity contribution < 1.29 is 24.5 Å². The van der Waals surface area contributed by atoms with E-state index in [0.717, 1.165) is 11.1 Å². The number of carboxylic acids is 2. The van der Waals surface area contributed by atoms with Crippen molar-refractivity contribution in [2.45, 2.75) is 23.6 Å². The van der Waals surface area contributed by atoms with E-state index in [1.165, 1.54) is 23.9 Å². The second kappa shape index (κ2) is 5.06. The minimum Gasteiger partial charge on any atom is -0.478 e. The Labute approximate surface area is 130 Å². The maximum atomic E-state index is 11.4. The van der Waals surface area contributed by atoms with Crippen LogP contribution in [0.15, 0.2) is 34.1 Å². The van der Waals surface area contributed by atoms with Crippen LogP contribution in [0.1, 0.15) is 31.8 Å². The van der Waals surface area contributed by atoms with Crippen molar-refractivity contribution in [2.75, 3.05) is 0 Å². The molecule has 2 N–H and O–H groups in total. The molecule has 6 heteroatoms. The molecule has 0 saturated heterocycles. The van der Waals surface area contributed by atoms with Crippen LogP contribution in [0, 0.1) is 13.8 Å². The zero-order valence-corrected chi connectivity index (χ0v) is 12.7. The maximum absolute atomic E-state index is 11.4. The molecule has 0 bridgehead atoms. The molecule has 0 saturated carbocycles. The van der Waals surface area contributed by atoms with Crippen LogP contribution in [0.4, 0.5) is 0 Å². The van der Waals surface area contributed by atoms with E-state index in [1.807, 2.05) is 26.0 Å². The molecule has 0 radical (unpaired) electrons. The Morgan fingerprint density at radius 2 is 1.27 bits per heavy atom. The minimum absolute atomic E-state index is 0.0325. The van der Waals surface area contributed by atoms with Crippen LogP contribution < -0.4 is 4.74 Å². The molecule has 1 aliphatic rings. The Morgan fingerprint density at radius 1 is 0.864 bits per heavy atom. The molecule has 5 nitrogen and oxygen atoms in total. The Balaban J connectivity index is 2.22. The fourth-order valence-corrected chi connectivity index (χ4v) is 3.60. The van der Waals surface area contributed by atoms with Gasteiger partial charge in [0.2, 0.25) is 0 Å². The van der Waals surface area contributed by atoms with Crippen molar-refractivity contribution in [3.05, 3.63) is 46.5 Å². The maximum Gasteiger partial charge on any atom is 0.339 e. The number of hydrogen-bond acceptors (Lipinski definition) is 4. The predicted octanol–water partition coefficient (Wildman–Crippen LogP) is 3.96. The van der Waals surface area contributed by atoms with Crippen molar-refractivity contribution >= 4 is 23.7 Å². The number of carbonyl (C=O) groups is 2. The second-order valence-corrected chi connectivity index (χ2v) is 6.18. The molecule has 0 atom stereocenters. The van der Waals surface area contributed by atoms with Gasteiger partial charge >= 0.3 is 11.9 Å². The highest BCUT2D eigenvalue weighted by Gasteiger charge is 2.28. The minimum atomic E-state index is -1.10. The van der Waals surface area contributed by atoms with Gasteiger partial charge in [-0.05, 0) is 49.2 Å². The lowest BCUT2D eigenvalue weighted by atomic mass is 10.1. The van der Waals surface area contributed by atoms with E-state index in [0.29, 0.717) is 9.79 Å². The van der Waals surface area contributed by atoms with Gasteiger partial charge in [-0.15, -0.1) is 0 Å². The van der Waals surface area contributed by atoms with Crippen molar-refractivity contribution in [3.63, 3.8) is 0 Å². The lowest BCUT2D eigenvalue weighted by Gasteiger charge is -2.23. The van der Waals surface area contributed by atoms with Gasteiger partial charge in [-0.25, -0.2) is 9.59 Å². The third-order valence-corrected chi connectivity index (χ3v) is 4.33. The van der Waals surface area contributed by atoms with E-state index in [2.05, 4.69) is 0 Å². The summed E-state index contributed by atoms with van der Waals surface area (Å²) in [6.07, 6.45) is 0. The third-order valence-electron chi connectivity index (χ3n) is 3.28. The first-order valence-corrected chi connectivity index (χ1v) is 7.30. The number of ether oxygens (including phenoxy) is 1. The van der Waals surface area contributed by atoms with Crippen LogP contribution in [0.2, 0.25) is 0 Å². The number of carboxylic acid groups (broad SMARTS) is 2. The van der Waals surface area contributed by atoms with Gasteiger partial charge in [0, 0.05) is 0 Å². The lowest BCUT2D eigenvalue weighted by molar-refractivity contribution is 0.0687. The summed E-state index contributed by atoms with van der Waals surface area (Å²) >= 11 is 1.32. The first-order valence-electron chi connectivity index (χ1n) is 6.48. The molecule has 3 rings (SSSR count). The lowest BCUT2D eigenvalue weighted by Crippen LogP contribution is -2.09. The number of rotatable bonds is 2. The van der Waals surface area contributed by atoms with Gasteiger partial charge in [-0.3, -0.25) is 0 Å². The van der Waals surface area contributed by atoms with E-state index >= 15 is 0 Å². The van der Waals surface area contributed by atoms with E-state index in [9.17, 15) is 19.8 Å². The van der Waals surface area contributed by atoms with E-state index < -0.39 is 11.9 Å². The first-order chi connectivity index (χ1) is 10.4. The monoisotopic (exact) mass is 316 g/mol. The summed E-state index contributed by atoms with van der Waals surface area (Å²) in [5.74, 6) is -1.81. The highest BCUT2D eigenvalue weighted by molar-refractivity contribution is 7.99. The topological polar surface area (TPSA) is 83.8 Å². The fraction of sp³-hybridized carbons (Fsp3) is 0.125. The number of hydrogen-bond donors (Lipinski definition) is 2. The van der Waals surface area contributed by atoms with E-state index in [-0.39, 0.29) is 22.6 Å². The van der Waals surface area contributed by atoms with E-state index in [4.69, 9.17) is 4.74 Å². The van der Waals surface area contributed by atoms with Gasteiger partial charge in [-0.1, -0.05) is 11.8 Å². The molecular weight excluding hydrogens is 304 g/mol. The van der Waals surface area contributed by atoms with Crippen molar-refractivity contribution in [1.82, 2.24) is 0 Å². The molecule has 2 aromatic carbocycles. The summed E-state index contributed by atoms with van der Waals surface area (Å²) in [6.45, 7) is 3.61. The van der Waals surface area contributed by atoms with Crippen LogP contribution in [0.5, 0.6) is 11.5 Å². The third kappa shape index (κ3) is 2.31. The highest BCUT2D eigenvalue weighted by atomic mass is 32.2. The molecule has 0 amide bonds. The molecule has 112 valence electrons. The van der Waals surface area contributed by atoms with E-state index in [1.54, 1.807) is 0 Å². The molecule has 1 aliphatic heterocycles. The summed E-state index contributed by atoms with van der Waals surface area (Å²) in [7, 11) is 0. The predicted molar refractivity (Wildman–Crippen MR) is 80.5 cm³/mol. The zero-order chi connectivity index (χ0) is 16.0. The Bertz CT molecular complexity index is 758. The molecule has 0 unspecified atom stereocenters. The Kier molecular flexibility index (Phi) is 3.33. The molecule has 0 fully saturated rings. The van der Waals surface area contributed by atoms with Gasteiger partial charge in [-0.2, -0.15) is 0 Å². The van der Waals surface area contributed by atoms with Crippen LogP contribution >= 0.6 is 11.8 Å². The van der Waals surface area contributed by atoms with Crippen LogP contribution in [0.25, 0.3) is 0 Å². The SMILES string of the molecule is Cc1cc2c(c(C(=O)O)c1)Oc1c(cc(C)cc1C(=O)O)S2. The quantitative estimate of drug-likeness (QED) is 0.744. The van der Waals surface area contributed by atoms with Gasteiger partial charge < -0.3 is 14.9 Å². The summed E-state index contributed by atoms with van der Waals surface area (Å²) in [4.78, 5) is 24.2. The second-order valence-electron chi connectivity index (χ2n) is 5.09.